The SMILES string of the molecule is CCNCC1CCNC1. The first-order valence-electron chi connectivity index (χ1n) is 3.85. The highest BCUT2D eigenvalue weighted by Gasteiger charge is 2.12. The van der Waals surface area contributed by atoms with Crippen molar-refractivity contribution < 1.29 is 0 Å². The van der Waals surface area contributed by atoms with Crippen LogP contribution in [-0.4, -0.2) is 26.2 Å². The van der Waals surface area contributed by atoms with Gasteiger partial charge in [0, 0.05) is 0 Å². The molecule has 0 aromatic carbocycles. The second-order valence-electron chi connectivity index (χ2n) is 2.67. The van der Waals surface area contributed by atoms with E-state index in [1.807, 2.05) is 0 Å². The molecule has 0 saturated carbocycles. The zero-order chi connectivity index (χ0) is 6.53. The summed E-state index contributed by atoms with van der Waals surface area (Å²) in [6, 6.07) is 0. The van der Waals surface area contributed by atoms with E-state index in [0.29, 0.717) is 0 Å². The minimum atomic E-state index is 0.893. The summed E-state index contributed by atoms with van der Waals surface area (Å²) in [5.74, 6) is 0.893. The van der Waals surface area contributed by atoms with Crippen LogP contribution in [0.2, 0.25) is 0 Å². The highest BCUT2D eigenvalue weighted by molar-refractivity contribution is 4.72. The van der Waals surface area contributed by atoms with Crippen LogP contribution < -0.4 is 10.6 Å². The van der Waals surface area contributed by atoms with Crippen molar-refractivity contribution in [3.8, 4) is 0 Å². The third kappa shape index (κ3) is 2.33. The highest BCUT2D eigenvalue weighted by atomic mass is 14.9. The molecule has 2 N–H and O–H groups in total. The molecule has 2 heteroatoms. The van der Waals surface area contributed by atoms with Crippen LogP contribution in [-0.2, 0) is 0 Å². The molecule has 1 aliphatic heterocycles. The Balaban J connectivity index is 1.98. The molecule has 1 rings (SSSR count). The second-order valence-corrected chi connectivity index (χ2v) is 2.67. The minimum Gasteiger partial charge on any atom is -0.317 e. The van der Waals surface area contributed by atoms with E-state index in [1.165, 1.54) is 26.1 Å². The first-order valence-corrected chi connectivity index (χ1v) is 3.85. The van der Waals surface area contributed by atoms with Crippen molar-refractivity contribution in [2.24, 2.45) is 5.92 Å². The van der Waals surface area contributed by atoms with Crippen molar-refractivity contribution >= 4 is 0 Å². The van der Waals surface area contributed by atoms with Crippen LogP contribution >= 0.6 is 0 Å². The Morgan fingerprint density at radius 2 is 2.56 bits per heavy atom. The van der Waals surface area contributed by atoms with Gasteiger partial charge in [-0.15, -0.1) is 0 Å². The van der Waals surface area contributed by atoms with Gasteiger partial charge in [-0.3, -0.25) is 0 Å². The molecule has 9 heavy (non-hydrogen) atoms. The molecule has 2 nitrogen and oxygen atoms in total. The summed E-state index contributed by atoms with van der Waals surface area (Å²) in [7, 11) is 0. The zero-order valence-corrected chi connectivity index (χ0v) is 6.11. The molecule has 54 valence electrons. The van der Waals surface area contributed by atoms with Crippen molar-refractivity contribution in [3.63, 3.8) is 0 Å². The van der Waals surface area contributed by atoms with Gasteiger partial charge >= 0.3 is 0 Å². The Morgan fingerprint density at radius 3 is 3.11 bits per heavy atom. The molecule has 1 fully saturated rings. The molecule has 0 bridgehead atoms. The Morgan fingerprint density at radius 1 is 1.67 bits per heavy atom. The summed E-state index contributed by atoms with van der Waals surface area (Å²) in [6.45, 7) is 6.89. The molecule has 0 spiro atoms. The number of nitrogens with one attached hydrogen (secondary N) is 2. The fraction of sp³-hybridized carbons (Fsp3) is 1.00. The normalized spacial score (nSPS) is 27.0. The van der Waals surface area contributed by atoms with Crippen molar-refractivity contribution in [2.75, 3.05) is 26.2 Å². The maximum absolute atomic E-state index is 3.35. The van der Waals surface area contributed by atoms with E-state index in [0.717, 1.165) is 12.5 Å². The van der Waals surface area contributed by atoms with Gasteiger partial charge in [-0.1, -0.05) is 6.92 Å². The van der Waals surface area contributed by atoms with Gasteiger partial charge < -0.3 is 10.6 Å². The first-order chi connectivity index (χ1) is 4.43. The Labute approximate surface area is 57.0 Å². The third-order valence-corrected chi connectivity index (χ3v) is 1.85. The standard InChI is InChI=1S/C7H16N2/c1-2-8-5-7-3-4-9-6-7/h7-9H,2-6H2,1H3. The maximum Gasteiger partial charge on any atom is -0.000790 e. The van der Waals surface area contributed by atoms with Gasteiger partial charge in [-0.25, -0.2) is 0 Å². The molecule has 0 aromatic rings. The zero-order valence-electron chi connectivity index (χ0n) is 6.11. The lowest BCUT2D eigenvalue weighted by atomic mass is 10.1. The summed E-state index contributed by atoms with van der Waals surface area (Å²) in [4.78, 5) is 0. The van der Waals surface area contributed by atoms with E-state index in [1.54, 1.807) is 0 Å². The van der Waals surface area contributed by atoms with E-state index in [-0.39, 0.29) is 0 Å². The summed E-state index contributed by atoms with van der Waals surface area (Å²) >= 11 is 0. The molecule has 0 radical (unpaired) electrons. The van der Waals surface area contributed by atoms with Crippen LogP contribution in [0.1, 0.15) is 13.3 Å². The maximum atomic E-state index is 3.35. The van der Waals surface area contributed by atoms with Gasteiger partial charge in [0.05, 0.1) is 0 Å². The molecule has 1 aliphatic rings. The topological polar surface area (TPSA) is 24.1 Å². The average molecular weight is 128 g/mol. The fourth-order valence-corrected chi connectivity index (χ4v) is 1.24. The molecule has 0 aromatic heterocycles. The number of hydrogen-bond acceptors (Lipinski definition) is 2. The lowest BCUT2D eigenvalue weighted by molar-refractivity contribution is 0.523. The molecular weight excluding hydrogens is 112 g/mol. The quantitative estimate of drug-likeness (QED) is 0.567. The fourth-order valence-electron chi connectivity index (χ4n) is 1.24. The Bertz CT molecular complexity index is 67.3. The molecule has 1 atom stereocenters. The van der Waals surface area contributed by atoms with Gasteiger partial charge in [-0.2, -0.15) is 0 Å². The molecule has 1 saturated heterocycles. The average Bonchev–Trinajstić information content (AvgIpc) is 2.34. The van der Waals surface area contributed by atoms with Crippen molar-refractivity contribution in [1.29, 1.82) is 0 Å². The first kappa shape index (κ1) is 7.03. The van der Waals surface area contributed by atoms with Crippen LogP contribution in [0.3, 0.4) is 0 Å². The van der Waals surface area contributed by atoms with Crippen LogP contribution in [0.4, 0.5) is 0 Å². The highest BCUT2D eigenvalue weighted by Crippen LogP contribution is 2.04. The van der Waals surface area contributed by atoms with Gasteiger partial charge in [0.15, 0.2) is 0 Å². The smallest absolute Gasteiger partial charge is 0.000790 e. The van der Waals surface area contributed by atoms with E-state index in [4.69, 9.17) is 0 Å². The van der Waals surface area contributed by atoms with Crippen molar-refractivity contribution in [3.05, 3.63) is 0 Å². The summed E-state index contributed by atoms with van der Waals surface area (Å²) in [6.07, 6.45) is 1.35. The molecule has 1 heterocycles. The van der Waals surface area contributed by atoms with E-state index in [2.05, 4.69) is 17.6 Å². The lowest BCUT2D eigenvalue weighted by Crippen LogP contribution is -2.23. The summed E-state index contributed by atoms with van der Waals surface area (Å²) in [5.41, 5.74) is 0. The summed E-state index contributed by atoms with van der Waals surface area (Å²) < 4.78 is 0. The van der Waals surface area contributed by atoms with Crippen molar-refractivity contribution in [2.45, 2.75) is 13.3 Å². The van der Waals surface area contributed by atoms with Crippen molar-refractivity contribution in [1.82, 2.24) is 10.6 Å². The third-order valence-electron chi connectivity index (χ3n) is 1.85. The van der Waals surface area contributed by atoms with Gasteiger partial charge in [-0.05, 0) is 38.5 Å². The van der Waals surface area contributed by atoms with Gasteiger partial charge in [0.25, 0.3) is 0 Å². The molecule has 0 amide bonds. The van der Waals surface area contributed by atoms with E-state index < -0.39 is 0 Å². The predicted octanol–water partition coefficient (Wildman–Crippen LogP) is 0.205. The monoisotopic (exact) mass is 128 g/mol. The number of hydrogen-bond donors (Lipinski definition) is 2. The largest absolute Gasteiger partial charge is 0.317 e. The molecular formula is C7H16N2. The van der Waals surface area contributed by atoms with Crippen LogP contribution in [0.25, 0.3) is 0 Å². The van der Waals surface area contributed by atoms with Crippen LogP contribution in [0.15, 0.2) is 0 Å². The Kier molecular flexibility index (Phi) is 3.01. The minimum absolute atomic E-state index is 0.893. The lowest BCUT2D eigenvalue weighted by Gasteiger charge is -2.06. The van der Waals surface area contributed by atoms with E-state index in [9.17, 15) is 0 Å². The van der Waals surface area contributed by atoms with Gasteiger partial charge in [0.2, 0.25) is 0 Å². The molecule has 1 unspecified atom stereocenters. The Hall–Kier alpha value is -0.0800. The summed E-state index contributed by atoms with van der Waals surface area (Å²) in [5, 5.41) is 6.69. The predicted molar refractivity (Wildman–Crippen MR) is 39.5 cm³/mol. The molecule has 0 aliphatic carbocycles. The second kappa shape index (κ2) is 3.85. The van der Waals surface area contributed by atoms with E-state index >= 15 is 0 Å². The number of rotatable bonds is 3. The van der Waals surface area contributed by atoms with Crippen LogP contribution in [0, 0.1) is 5.92 Å². The van der Waals surface area contributed by atoms with Gasteiger partial charge in [0.1, 0.15) is 0 Å². The van der Waals surface area contributed by atoms with Crippen LogP contribution in [0.5, 0.6) is 0 Å².